The Labute approximate surface area is 98.9 Å². The standard InChI is InChI=1S/C12H14N2OS/c1-8-3-5-10(6-4-8)7-11(15)12-9(2)13-14-16-12/h3-6,11,15H,7H2,1-2H3. The zero-order chi connectivity index (χ0) is 11.5. The van der Waals surface area contributed by atoms with Gasteiger partial charge in [-0.3, -0.25) is 0 Å². The monoisotopic (exact) mass is 234 g/mol. The molecule has 0 spiro atoms. The smallest absolute Gasteiger partial charge is 0.0957 e. The van der Waals surface area contributed by atoms with Crippen LogP contribution >= 0.6 is 11.5 Å². The van der Waals surface area contributed by atoms with Crippen molar-refractivity contribution in [3.05, 3.63) is 46.0 Å². The lowest BCUT2D eigenvalue weighted by Crippen LogP contribution is -2.01. The molecule has 0 aliphatic rings. The molecule has 0 aliphatic heterocycles. The number of aliphatic hydroxyl groups excluding tert-OH is 1. The van der Waals surface area contributed by atoms with Crippen LogP contribution in [0.2, 0.25) is 0 Å². The number of aryl methyl sites for hydroxylation is 2. The fourth-order valence-electron chi connectivity index (χ4n) is 1.58. The molecule has 1 atom stereocenters. The Hall–Kier alpha value is -1.26. The largest absolute Gasteiger partial charge is 0.387 e. The SMILES string of the molecule is Cc1ccc(CC(O)c2snnc2C)cc1. The number of aromatic nitrogens is 2. The van der Waals surface area contributed by atoms with Crippen molar-refractivity contribution in [2.45, 2.75) is 26.4 Å². The molecule has 2 rings (SSSR count). The molecule has 3 nitrogen and oxygen atoms in total. The number of hydrogen-bond acceptors (Lipinski definition) is 4. The zero-order valence-electron chi connectivity index (χ0n) is 9.34. The number of aliphatic hydroxyl groups is 1. The van der Waals surface area contributed by atoms with Crippen molar-refractivity contribution < 1.29 is 5.11 Å². The van der Waals surface area contributed by atoms with Gasteiger partial charge in [-0.15, -0.1) is 5.10 Å². The van der Waals surface area contributed by atoms with Crippen molar-refractivity contribution in [2.24, 2.45) is 0 Å². The van der Waals surface area contributed by atoms with Gasteiger partial charge in [-0.1, -0.05) is 34.3 Å². The Balaban J connectivity index is 2.10. The highest BCUT2D eigenvalue weighted by Crippen LogP contribution is 2.23. The minimum atomic E-state index is -0.497. The summed E-state index contributed by atoms with van der Waals surface area (Å²) in [4.78, 5) is 0.862. The molecule has 0 aliphatic carbocycles. The van der Waals surface area contributed by atoms with E-state index in [1.807, 2.05) is 19.1 Å². The number of hydrogen-bond donors (Lipinski definition) is 1. The number of benzene rings is 1. The molecule has 16 heavy (non-hydrogen) atoms. The molecule has 0 saturated carbocycles. The summed E-state index contributed by atoms with van der Waals surface area (Å²) in [6.07, 6.45) is 0.119. The van der Waals surface area contributed by atoms with Crippen molar-refractivity contribution >= 4 is 11.5 Å². The third-order valence-corrected chi connectivity index (χ3v) is 3.47. The van der Waals surface area contributed by atoms with Crippen molar-refractivity contribution in [2.75, 3.05) is 0 Å². The lowest BCUT2D eigenvalue weighted by Gasteiger charge is -2.08. The van der Waals surface area contributed by atoms with Gasteiger partial charge >= 0.3 is 0 Å². The molecule has 0 bridgehead atoms. The van der Waals surface area contributed by atoms with Crippen LogP contribution in [-0.2, 0) is 6.42 Å². The van der Waals surface area contributed by atoms with Gasteiger partial charge < -0.3 is 5.11 Å². The van der Waals surface area contributed by atoms with Gasteiger partial charge in [-0.25, -0.2) is 0 Å². The van der Waals surface area contributed by atoms with Gasteiger partial charge in [0.15, 0.2) is 0 Å². The first-order valence-electron chi connectivity index (χ1n) is 5.19. The number of nitrogens with zero attached hydrogens (tertiary/aromatic N) is 2. The summed E-state index contributed by atoms with van der Waals surface area (Å²) in [5.74, 6) is 0. The Kier molecular flexibility index (Phi) is 3.31. The molecule has 0 fully saturated rings. The van der Waals surface area contributed by atoms with Crippen molar-refractivity contribution in [1.29, 1.82) is 0 Å². The van der Waals surface area contributed by atoms with Crippen LogP contribution in [0.3, 0.4) is 0 Å². The molecule has 2 aromatic rings. The maximum atomic E-state index is 10.0. The Morgan fingerprint density at radius 3 is 2.50 bits per heavy atom. The summed E-state index contributed by atoms with van der Waals surface area (Å²) in [6.45, 7) is 3.93. The lowest BCUT2D eigenvalue weighted by atomic mass is 10.0. The van der Waals surface area contributed by atoms with E-state index < -0.39 is 6.10 Å². The number of rotatable bonds is 3. The molecule has 1 unspecified atom stereocenters. The molecule has 0 saturated heterocycles. The van der Waals surface area contributed by atoms with Crippen LogP contribution in [-0.4, -0.2) is 14.7 Å². The van der Waals surface area contributed by atoms with Gasteiger partial charge in [0.05, 0.1) is 16.7 Å². The second-order valence-corrected chi connectivity index (χ2v) is 4.71. The Morgan fingerprint density at radius 1 is 1.25 bits per heavy atom. The van der Waals surface area contributed by atoms with Gasteiger partial charge in [0.25, 0.3) is 0 Å². The highest BCUT2D eigenvalue weighted by Gasteiger charge is 2.14. The van der Waals surface area contributed by atoms with Crippen LogP contribution in [0.25, 0.3) is 0 Å². The van der Waals surface area contributed by atoms with E-state index in [1.165, 1.54) is 17.1 Å². The molecule has 4 heteroatoms. The summed E-state index contributed by atoms with van der Waals surface area (Å²) in [5.41, 5.74) is 3.18. The van der Waals surface area contributed by atoms with Gasteiger partial charge in [-0.2, -0.15) is 0 Å². The van der Waals surface area contributed by atoms with Gasteiger partial charge in [-0.05, 0) is 30.9 Å². The van der Waals surface area contributed by atoms with Crippen LogP contribution in [0.4, 0.5) is 0 Å². The maximum absolute atomic E-state index is 10.0. The molecule has 1 N–H and O–H groups in total. The fourth-order valence-corrected chi connectivity index (χ4v) is 2.21. The molecule has 1 aromatic heterocycles. The average molecular weight is 234 g/mol. The van der Waals surface area contributed by atoms with Crippen LogP contribution in [0, 0.1) is 13.8 Å². The van der Waals surface area contributed by atoms with Crippen LogP contribution in [0.5, 0.6) is 0 Å². The highest BCUT2D eigenvalue weighted by molar-refractivity contribution is 7.05. The Morgan fingerprint density at radius 2 is 1.94 bits per heavy atom. The third-order valence-electron chi connectivity index (χ3n) is 2.54. The highest BCUT2D eigenvalue weighted by atomic mass is 32.1. The van der Waals surface area contributed by atoms with Crippen LogP contribution in [0.15, 0.2) is 24.3 Å². The molecule has 84 valence electrons. The van der Waals surface area contributed by atoms with Gasteiger partial charge in [0.1, 0.15) is 0 Å². The maximum Gasteiger partial charge on any atom is 0.0957 e. The van der Waals surface area contributed by atoms with Gasteiger partial charge in [0.2, 0.25) is 0 Å². The summed E-state index contributed by atoms with van der Waals surface area (Å²) < 4.78 is 3.83. The average Bonchev–Trinajstić information content (AvgIpc) is 2.68. The van der Waals surface area contributed by atoms with E-state index in [2.05, 4.69) is 28.6 Å². The minimum absolute atomic E-state index is 0.497. The molecule has 1 aromatic carbocycles. The fraction of sp³-hybridized carbons (Fsp3) is 0.333. The molecular weight excluding hydrogens is 220 g/mol. The summed E-state index contributed by atoms with van der Waals surface area (Å²) in [7, 11) is 0. The first-order chi connectivity index (χ1) is 7.66. The third kappa shape index (κ3) is 2.46. The summed E-state index contributed by atoms with van der Waals surface area (Å²) in [6, 6.07) is 8.20. The van der Waals surface area contributed by atoms with Crippen molar-refractivity contribution in [1.82, 2.24) is 9.59 Å². The van der Waals surface area contributed by atoms with E-state index in [1.54, 1.807) is 0 Å². The van der Waals surface area contributed by atoms with Crippen LogP contribution in [0.1, 0.15) is 27.8 Å². The van der Waals surface area contributed by atoms with E-state index in [0.29, 0.717) is 6.42 Å². The predicted molar refractivity (Wildman–Crippen MR) is 64.5 cm³/mol. The second kappa shape index (κ2) is 4.72. The minimum Gasteiger partial charge on any atom is -0.387 e. The Bertz CT molecular complexity index is 464. The quantitative estimate of drug-likeness (QED) is 0.887. The molecular formula is C12H14N2OS. The van der Waals surface area contributed by atoms with E-state index >= 15 is 0 Å². The van der Waals surface area contributed by atoms with E-state index in [-0.39, 0.29) is 0 Å². The summed E-state index contributed by atoms with van der Waals surface area (Å²) in [5, 5.41) is 13.9. The molecule has 1 heterocycles. The first kappa shape index (κ1) is 11.2. The van der Waals surface area contributed by atoms with E-state index in [9.17, 15) is 5.11 Å². The van der Waals surface area contributed by atoms with Crippen LogP contribution < -0.4 is 0 Å². The lowest BCUT2D eigenvalue weighted by molar-refractivity contribution is 0.181. The van der Waals surface area contributed by atoms with Crippen molar-refractivity contribution in [3.63, 3.8) is 0 Å². The van der Waals surface area contributed by atoms with Gasteiger partial charge in [0, 0.05) is 6.42 Å². The van der Waals surface area contributed by atoms with E-state index in [4.69, 9.17) is 0 Å². The molecule has 0 radical (unpaired) electrons. The topological polar surface area (TPSA) is 46.0 Å². The van der Waals surface area contributed by atoms with E-state index in [0.717, 1.165) is 16.1 Å². The van der Waals surface area contributed by atoms with Crippen molar-refractivity contribution in [3.8, 4) is 0 Å². The molecule has 0 amide bonds. The first-order valence-corrected chi connectivity index (χ1v) is 5.96. The normalized spacial score (nSPS) is 12.7. The predicted octanol–water partition coefficient (Wildman–Crippen LogP) is 2.43. The zero-order valence-corrected chi connectivity index (χ0v) is 10.2. The second-order valence-electron chi connectivity index (χ2n) is 3.93. The summed E-state index contributed by atoms with van der Waals surface area (Å²) >= 11 is 1.27.